The van der Waals surface area contributed by atoms with Gasteiger partial charge in [-0.3, -0.25) is 4.98 Å². The highest BCUT2D eigenvalue weighted by Crippen LogP contribution is 2.28. The Kier molecular flexibility index (Phi) is 3.17. The van der Waals surface area contributed by atoms with Crippen molar-refractivity contribution in [2.24, 2.45) is 0 Å². The first kappa shape index (κ1) is 12.1. The lowest BCUT2D eigenvalue weighted by molar-refractivity contribution is 0.215. The highest BCUT2D eigenvalue weighted by atomic mass is 19.1. The molecule has 0 saturated heterocycles. The first-order valence-electron chi connectivity index (χ1n) is 6.28. The summed E-state index contributed by atoms with van der Waals surface area (Å²) in [6.07, 6.45) is 2.83. The Hall–Kier alpha value is -1.94. The van der Waals surface area contributed by atoms with Crippen LogP contribution in [0.15, 0.2) is 42.6 Å². The van der Waals surface area contributed by atoms with E-state index in [9.17, 15) is 9.50 Å². The molecule has 1 aromatic heterocycles. The molecule has 1 heterocycles. The largest absolute Gasteiger partial charge is 0.490 e. The number of hydrogen-bond acceptors (Lipinski definition) is 3. The third-order valence-corrected chi connectivity index (χ3v) is 3.05. The van der Waals surface area contributed by atoms with E-state index in [1.54, 1.807) is 12.1 Å². The van der Waals surface area contributed by atoms with Gasteiger partial charge in [0.15, 0.2) is 0 Å². The molecule has 1 N–H and O–H groups in total. The minimum absolute atomic E-state index is 0.356. The molecule has 3 nitrogen and oxygen atoms in total. The van der Waals surface area contributed by atoms with Gasteiger partial charge in [0.1, 0.15) is 17.7 Å². The van der Waals surface area contributed by atoms with Crippen molar-refractivity contribution in [1.29, 1.82) is 0 Å². The second kappa shape index (κ2) is 4.97. The van der Waals surface area contributed by atoms with Gasteiger partial charge in [0, 0.05) is 0 Å². The van der Waals surface area contributed by atoms with Crippen LogP contribution in [0.5, 0.6) is 5.75 Å². The van der Waals surface area contributed by atoms with Crippen molar-refractivity contribution in [3.63, 3.8) is 0 Å². The molecule has 0 radical (unpaired) electrons. The van der Waals surface area contributed by atoms with Crippen molar-refractivity contribution in [3.8, 4) is 5.75 Å². The Balaban J connectivity index is 1.75. The molecule has 2 aromatic rings. The average Bonchev–Trinajstić information content (AvgIpc) is 3.24. The molecular weight excluding hydrogens is 245 g/mol. The van der Waals surface area contributed by atoms with Crippen LogP contribution in [-0.2, 0) is 0 Å². The lowest BCUT2D eigenvalue weighted by Crippen LogP contribution is -2.03. The summed E-state index contributed by atoms with van der Waals surface area (Å²) in [7, 11) is 0. The maximum atomic E-state index is 12.8. The molecule has 1 atom stereocenters. The summed E-state index contributed by atoms with van der Waals surface area (Å²) in [6, 6.07) is 10.0. The molecular formula is C15H14FNO2. The molecule has 1 unspecified atom stereocenters. The smallest absolute Gasteiger partial charge is 0.141 e. The molecule has 0 bridgehead atoms. The standard InChI is InChI=1S/C15H14FNO2/c16-11-3-8-14(17-9-11)15(18)10-1-4-12(5-2-10)19-13-6-7-13/h1-5,8-9,13,15,18H,6-7H2. The molecule has 4 heteroatoms. The molecule has 1 saturated carbocycles. The minimum Gasteiger partial charge on any atom is -0.490 e. The number of ether oxygens (including phenoxy) is 1. The van der Waals surface area contributed by atoms with Gasteiger partial charge in [0.2, 0.25) is 0 Å². The first-order chi connectivity index (χ1) is 9.22. The zero-order valence-electron chi connectivity index (χ0n) is 10.3. The van der Waals surface area contributed by atoms with Crippen molar-refractivity contribution in [2.45, 2.75) is 25.0 Å². The average molecular weight is 259 g/mol. The maximum absolute atomic E-state index is 12.8. The molecule has 98 valence electrons. The van der Waals surface area contributed by atoms with Crippen molar-refractivity contribution in [3.05, 3.63) is 59.7 Å². The predicted molar refractivity (Wildman–Crippen MR) is 68.3 cm³/mol. The quantitative estimate of drug-likeness (QED) is 0.918. The Labute approximate surface area is 110 Å². The molecule has 0 aliphatic heterocycles. The van der Waals surface area contributed by atoms with Crippen LogP contribution in [-0.4, -0.2) is 16.2 Å². The van der Waals surface area contributed by atoms with E-state index < -0.39 is 11.9 Å². The summed E-state index contributed by atoms with van der Waals surface area (Å²) in [5.74, 6) is 0.398. The molecule has 1 aromatic carbocycles. The van der Waals surface area contributed by atoms with Gasteiger partial charge in [-0.25, -0.2) is 4.39 Å². The fourth-order valence-corrected chi connectivity index (χ4v) is 1.83. The van der Waals surface area contributed by atoms with E-state index in [0.717, 1.165) is 24.8 Å². The summed E-state index contributed by atoms with van der Waals surface area (Å²) in [5, 5.41) is 10.1. The van der Waals surface area contributed by atoms with E-state index in [4.69, 9.17) is 4.74 Å². The number of hydrogen-bond donors (Lipinski definition) is 1. The van der Waals surface area contributed by atoms with E-state index in [-0.39, 0.29) is 0 Å². The highest BCUT2D eigenvalue weighted by Gasteiger charge is 2.23. The Morgan fingerprint density at radius 2 is 1.89 bits per heavy atom. The zero-order chi connectivity index (χ0) is 13.2. The minimum atomic E-state index is -0.851. The topological polar surface area (TPSA) is 42.4 Å². The summed E-state index contributed by atoms with van der Waals surface area (Å²) in [5.41, 5.74) is 1.14. The van der Waals surface area contributed by atoms with Gasteiger partial charge in [0.05, 0.1) is 18.0 Å². The predicted octanol–water partition coefficient (Wildman–Crippen LogP) is 2.84. The summed E-state index contributed by atoms with van der Waals surface area (Å²) in [4.78, 5) is 3.88. The molecule has 1 aliphatic carbocycles. The van der Waals surface area contributed by atoms with E-state index in [1.807, 2.05) is 12.1 Å². The van der Waals surface area contributed by atoms with Crippen LogP contribution in [0.4, 0.5) is 4.39 Å². The normalized spacial score (nSPS) is 16.1. The van der Waals surface area contributed by atoms with Crippen LogP contribution in [0.1, 0.15) is 30.2 Å². The van der Waals surface area contributed by atoms with Gasteiger partial charge in [-0.1, -0.05) is 12.1 Å². The van der Waals surface area contributed by atoms with Crippen LogP contribution in [0.2, 0.25) is 0 Å². The van der Waals surface area contributed by atoms with Crippen LogP contribution in [0.25, 0.3) is 0 Å². The summed E-state index contributed by atoms with van der Waals surface area (Å²) in [6.45, 7) is 0. The molecule has 1 fully saturated rings. The number of aromatic nitrogens is 1. The number of benzene rings is 1. The third kappa shape index (κ3) is 2.90. The van der Waals surface area contributed by atoms with E-state index in [2.05, 4.69) is 4.98 Å². The number of aliphatic hydroxyl groups is 1. The second-order valence-corrected chi connectivity index (χ2v) is 4.69. The molecule has 3 rings (SSSR count). The molecule has 0 amide bonds. The van der Waals surface area contributed by atoms with Gasteiger partial charge in [-0.15, -0.1) is 0 Å². The van der Waals surface area contributed by atoms with Crippen LogP contribution in [0.3, 0.4) is 0 Å². The van der Waals surface area contributed by atoms with Crippen LogP contribution >= 0.6 is 0 Å². The third-order valence-electron chi connectivity index (χ3n) is 3.05. The van der Waals surface area contributed by atoms with E-state index >= 15 is 0 Å². The lowest BCUT2D eigenvalue weighted by atomic mass is 10.1. The van der Waals surface area contributed by atoms with E-state index in [0.29, 0.717) is 17.4 Å². The fourth-order valence-electron chi connectivity index (χ4n) is 1.83. The molecule has 0 spiro atoms. The number of pyridine rings is 1. The van der Waals surface area contributed by atoms with Gasteiger partial charge in [0.25, 0.3) is 0 Å². The first-order valence-corrected chi connectivity index (χ1v) is 6.28. The fraction of sp³-hybridized carbons (Fsp3) is 0.267. The maximum Gasteiger partial charge on any atom is 0.141 e. The van der Waals surface area contributed by atoms with Gasteiger partial charge < -0.3 is 9.84 Å². The lowest BCUT2D eigenvalue weighted by Gasteiger charge is -2.11. The Morgan fingerprint density at radius 1 is 1.16 bits per heavy atom. The SMILES string of the molecule is OC(c1ccc(OC2CC2)cc1)c1ccc(F)cn1. The Bertz CT molecular complexity index is 549. The second-order valence-electron chi connectivity index (χ2n) is 4.69. The number of aliphatic hydroxyl groups excluding tert-OH is 1. The van der Waals surface area contributed by atoms with Crippen LogP contribution < -0.4 is 4.74 Å². The van der Waals surface area contributed by atoms with Crippen molar-refractivity contribution in [2.75, 3.05) is 0 Å². The van der Waals surface area contributed by atoms with Crippen molar-refractivity contribution >= 4 is 0 Å². The zero-order valence-corrected chi connectivity index (χ0v) is 10.3. The number of halogens is 1. The molecule has 1 aliphatic rings. The van der Waals surface area contributed by atoms with Crippen molar-refractivity contribution in [1.82, 2.24) is 4.98 Å². The van der Waals surface area contributed by atoms with Crippen LogP contribution in [0, 0.1) is 5.82 Å². The van der Waals surface area contributed by atoms with Gasteiger partial charge >= 0.3 is 0 Å². The Morgan fingerprint density at radius 3 is 2.47 bits per heavy atom. The summed E-state index contributed by atoms with van der Waals surface area (Å²) < 4.78 is 18.4. The van der Waals surface area contributed by atoms with Gasteiger partial charge in [-0.05, 0) is 42.7 Å². The van der Waals surface area contributed by atoms with E-state index in [1.165, 1.54) is 12.1 Å². The molecule has 19 heavy (non-hydrogen) atoms. The van der Waals surface area contributed by atoms with Crippen molar-refractivity contribution < 1.29 is 14.2 Å². The number of rotatable bonds is 4. The number of nitrogens with zero attached hydrogens (tertiary/aromatic N) is 1. The monoisotopic (exact) mass is 259 g/mol. The summed E-state index contributed by atoms with van der Waals surface area (Å²) >= 11 is 0. The highest BCUT2D eigenvalue weighted by molar-refractivity contribution is 5.32. The van der Waals surface area contributed by atoms with Gasteiger partial charge in [-0.2, -0.15) is 0 Å².